The predicted molar refractivity (Wildman–Crippen MR) is 109 cm³/mol. The fraction of sp³-hybridized carbons (Fsp3) is 0.130. The molecule has 0 saturated heterocycles. The van der Waals surface area contributed by atoms with E-state index in [2.05, 4.69) is 4.98 Å². The molecule has 29 heavy (non-hydrogen) atoms. The lowest BCUT2D eigenvalue weighted by atomic mass is 9.97. The first-order valence-electron chi connectivity index (χ1n) is 9.12. The zero-order valence-electron chi connectivity index (χ0n) is 16.0. The van der Waals surface area contributed by atoms with Gasteiger partial charge in [0.25, 0.3) is 0 Å². The number of carboxylic acid groups (broad SMARTS) is 1. The number of carboxylic acids is 1. The number of rotatable bonds is 5. The van der Waals surface area contributed by atoms with Gasteiger partial charge >= 0.3 is 5.97 Å². The van der Waals surface area contributed by atoms with Crippen molar-refractivity contribution in [2.45, 2.75) is 13.0 Å². The minimum Gasteiger partial charge on any atom is -0.480 e. The number of aromatic nitrogens is 2. The summed E-state index contributed by atoms with van der Waals surface area (Å²) in [6, 6.07) is 17.9. The average Bonchev–Trinajstić information content (AvgIpc) is 3.15. The number of methoxy groups -OCH3 is 1. The zero-order chi connectivity index (χ0) is 20.5. The summed E-state index contributed by atoms with van der Waals surface area (Å²) in [6.45, 7) is 1.95. The third-order valence-electron chi connectivity index (χ3n) is 4.91. The molecule has 0 spiro atoms. The molecule has 6 nitrogen and oxygen atoms in total. The molecular formula is C23H20N2O4. The molecule has 0 radical (unpaired) electrons. The van der Waals surface area contributed by atoms with Crippen LogP contribution >= 0.6 is 0 Å². The van der Waals surface area contributed by atoms with Crippen LogP contribution in [0.5, 0.6) is 5.88 Å². The Hall–Kier alpha value is -3.64. The highest BCUT2D eigenvalue weighted by atomic mass is 16.5. The van der Waals surface area contributed by atoms with Gasteiger partial charge in [0.2, 0.25) is 5.88 Å². The maximum atomic E-state index is 11.5. The number of ether oxygens (including phenoxy) is 1. The summed E-state index contributed by atoms with van der Waals surface area (Å²) in [5.74, 6) is -0.495. The second-order valence-corrected chi connectivity index (χ2v) is 6.84. The Kier molecular flexibility index (Phi) is 4.78. The second-order valence-electron chi connectivity index (χ2n) is 6.84. The Labute approximate surface area is 167 Å². The molecule has 146 valence electrons. The van der Waals surface area contributed by atoms with Crippen LogP contribution in [0.25, 0.3) is 16.8 Å². The van der Waals surface area contributed by atoms with Crippen LogP contribution in [0.4, 0.5) is 0 Å². The van der Waals surface area contributed by atoms with E-state index in [4.69, 9.17) is 4.74 Å². The van der Waals surface area contributed by atoms with Gasteiger partial charge in [0, 0.05) is 0 Å². The van der Waals surface area contributed by atoms with Crippen molar-refractivity contribution in [3.63, 3.8) is 0 Å². The molecule has 0 saturated carbocycles. The van der Waals surface area contributed by atoms with Crippen LogP contribution < -0.4 is 4.74 Å². The van der Waals surface area contributed by atoms with Crippen molar-refractivity contribution in [1.29, 1.82) is 0 Å². The van der Waals surface area contributed by atoms with Crippen LogP contribution in [-0.2, 0) is 0 Å². The molecule has 0 fully saturated rings. The minimum absolute atomic E-state index is 0.242. The molecule has 2 aromatic carbocycles. The quantitative estimate of drug-likeness (QED) is 0.538. The van der Waals surface area contributed by atoms with Gasteiger partial charge in [0.1, 0.15) is 11.8 Å². The smallest absolute Gasteiger partial charge is 0.336 e. The standard InChI is InChI=1S/C23H20N2O4/c1-14-11-19(25-13-21(29-2)24-20(25)12-14)22(26)16-9-7-15(8-10-16)17-5-3-4-6-18(17)23(27)28/h3-13,22,26H,1-2H3,(H,27,28)/t22-/m1/s1. The maximum Gasteiger partial charge on any atom is 0.336 e. The molecule has 0 aliphatic rings. The van der Waals surface area contributed by atoms with Crippen LogP contribution in [0.15, 0.2) is 66.9 Å². The SMILES string of the molecule is COc1cn2c([C@H](O)c3ccc(-c4ccccc4C(=O)O)cc3)cc(C)cc2n1. The van der Waals surface area contributed by atoms with Crippen molar-refractivity contribution in [3.8, 4) is 17.0 Å². The molecule has 0 aliphatic carbocycles. The highest BCUT2D eigenvalue weighted by molar-refractivity contribution is 5.96. The summed E-state index contributed by atoms with van der Waals surface area (Å²) in [5, 5.41) is 20.4. The van der Waals surface area contributed by atoms with E-state index in [0.717, 1.165) is 11.1 Å². The lowest BCUT2D eigenvalue weighted by molar-refractivity contribution is 0.0697. The highest BCUT2D eigenvalue weighted by Crippen LogP contribution is 2.29. The minimum atomic E-state index is -0.971. The molecule has 2 aromatic heterocycles. The number of aromatic carboxylic acids is 1. The first-order chi connectivity index (χ1) is 14.0. The van der Waals surface area contributed by atoms with E-state index in [9.17, 15) is 15.0 Å². The second kappa shape index (κ2) is 7.41. The number of aryl methyl sites for hydroxylation is 1. The van der Waals surface area contributed by atoms with Gasteiger partial charge in [-0.05, 0) is 47.4 Å². The van der Waals surface area contributed by atoms with E-state index in [-0.39, 0.29) is 5.56 Å². The predicted octanol–water partition coefficient (Wildman–Crippen LogP) is 4.10. The lowest BCUT2D eigenvalue weighted by Crippen LogP contribution is -2.06. The average molecular weight is 388 g/mol. The van der Waals surface area contributed by atoms with Crippen molar-refractivity contribution in [2.24, 2.45) is 0 Å². The molecule has 0 amide bonds. The summed E-state index contributed by atoms with van der Waals surface area (Å²) in [7, 11) is 1.55. The Morgan fingerprint density at radius 2 is 1.83 bits per heavy atom. The van der Waals surface area contributed by atoms with Crippen molar-refractivity contribution in [1.82, 2.24) is 9.38 Å². The maximum absolute atomic E-state index is 11.5. The fourth-order valence-electron chi connectivity index (χ4n) is 3.48. The summed E-state index contributed by atoms with van der Waals surface area (Å²) in [6.07, 6.45) is 0.866. The Balaban J connectivity index is 1.73. The van der Waals surface area contributed by atoms with E-state index >= 15 is 0 Å². The van der Waals surface area contributed by atoms with Gasteiger partial charge in [-0.25, -0.2) is 4.79 Å². The van der Waals surface area contributed by atoms with Crippen molar-refractivity contribution in [2.75, 3.05) is 7.11 Å². The van der Waals surface area contributed by atoms with Gasteiger partial charge in [-0.2, -0.15) is 4.98 Å². The normalized spacial score (nSPS) is 12.1. The molecule has 0 aliphatic heterocycles. The van der Waals surface area contributed by atoms with Crippen molar-refractivity contribution >= 4 is 11.6 Å². The zero-order valence-corrected chi connectivity index (χ0v) is 16.0. The van der Waals surface area contributed by atoms with Crippen LogP contribution in [0, 0.1) is 6.92 Å². The Bertz CT molecular complexity index is 1200. The van der Waals surface area contributed by atoms with Crippen LogP contribution in [0.2, 0.25) is 0 Å². The van der Waals surface area contributed by atoms with Gasteiger partial charge < -0.3 is 14.9 Å². The van der Waals surface area contributed by atoms with Gasteiger partial charge in [0.05, 0.1) is 24.6 Å². The van der Waals surface area contributed by atoms with Crippen LogP contribution in [-0.4, -0.2) is 32.7 Å². The van der Waals surface area contributed by atoms with E-state index in [1.54, 1.807) is 49.7 Å². The fourth-order valence-corrected chi connectivity index (χ4v) is 3.48. The summed E-state index contributed by atoms with van der Waals surface area (Å²) in [5.41, 5.74) is 4.70. The van der Waals surface area contributed by atoms with Crippen LogP contribution in [0.1, 0.15) is 33.3 Å². The van der Waals surface area contributed by atoms with E-state index in [1.807, 2.05) is 35.6 Å². The number of pyridine rings is 1. The van der Waals surface area contributed by atoms with Gasteiger partial charge in [-0.3, -0.25) is 4.40 Å². The monoisotopic (exact) mass is 388 g/mol. The number of aliphatic hydroxyl groups is 1. The molecule has 4 aromatic rings. The first kappa shape index (κ1) is 18.7. The Morgan fingerprint density at radius 1 is 1.10 bits per heavy atom. The number of imidazole rings is 1. The molecule has 4 rings (SSSR count). The third-order valence-corrected chi connectivity index (χ3v) is 4.91. The number of nitrogens with zero attached hydrogens (tertiary/aromatic N) is 2. The number of benzene rings is 2. The summed E-state index contributed by atoms with van der Waals surface area (Å²) in [4.78, 5) is 15.9. The van der Waals surface area contributed by atoms with Crippen molar-refractivity contribution < 1.29 is 19.7 Å². The number of carbonyl (C=O) groups is 1. The van der Waals surface area contributed by atoms with Gasteiger partial charge in [-0.15, -0.1) is 0 Å². The van der Waals surface area contributed by atoms with Gasteiger partial charge in [-0.1, -0.05) is 42.5 Å². The summed E-state index contributed by atoms with van der Waals surface area (Å²) >= 11 is 0. The largest absolute Gasteiger partial charge is 0.480 e. The Morgan fingerprint density at radius 3 is 2.52 bits per heavy atom. The molecular weight excluding hydrogens is 368 g/mol. The van der Waals surface area contributed by atoms with Crippen LogP contribution in [0.3, 0.4) is 0 Å². The molecule has 0 unspecified atom stereocenters. The first-order valence-corrected chi connectivity index (χ1v) is 9.12. The number of aliphatic hydroxyl groups excluding tert-OH is 1. The topological polar surface area (TPSA) is 84.1 Å². The molecule has 2 N–H and O–H groups in total. The van der Waals surface area contributed by atoms with E-state index < -0.39 is 12.1 Å². The van der Waals surface area contributed by atoms with Crippen molar-refractivity contribution in [3.05, 3.63) is 89.2 Å². The number of hydrogen-bond acceptors (Lipinski definition) is 4. The lowest BCUT2D eigenvalue weighted by Gasteiger charge is -2.15. The van der Waals surface area contributed by atoms with E-state index in [1.165, 1.54) is 0 Å². The number of fused-ring (bicyclic) bond motifs is 1. The molecule has 1 atom stereocenters. The molecule has 0 bridgehead atoms. The highest BCUT2D eigenvalue weighted by Gasteiger charge is 2.17. The van der Waals surface area contributed by atoms with Gasteiger partial charge in [0.15, 0.2) is 0 Å². The van der Waals surface area contributed by atoms with E-state index in [0.29, 0.717) is 28.3 Å². The summed E-state index contributed by atoms with van der Waals surface area (Å²) < 4.78 is 7.02. The third kappa shape index (κ3) is 3.46. The molecule has 2 heterocycles. The molecule has 6 heteroatoms. The number of hydrogen-bond donors (Lipinski definition) is 2.